The number of nitrogens with one attached hydrogen (secondary N) is 1. The Morgan fingerprint density at radius 3 is 2.69 bits per heavy atom. The van der Waals surface area contributed by atoms with Gasteiger partial charge in [-0.15, -0.1) is 0 Å². The first kappa shape index (κ1) is 17.7. The molecular formula is C18H22N6O2. The summed E-state index contributed by atoms with van der Waals surface area (Å²) in [6.07, 6.45) is 1.89. The zero-order valence-corrected chi connectivity index (χ0v) is 15.3. The molecule has 3 N–H and O–H groups in total. The molecule has 1 atom stereocenters. The number of carbonyl (C=O) groups is 2. The fourth-order valence-electron chi connectivity index (χ4n) is 3.03. The molecule has 3 rings (SSSR count). The summed E-state index contributed by atoms with van der Waals surface area (Å²) >= 11 is 0. The van der Waals surface area contributed by atoms with Crippen LogP contribution in [-0.4, -0.2) is 39.5 Å². The van der Waals surface area contributed by atoms with Gasteiger partial charge in [-0.1, -0.05) is 12.1 Å². The number of rotatable bonds is 3. The summed E-state index contributed by atoms with van der Waals surface area (Å²) in [5, 5.41) is 7.05. The maximum Gasteiger partial charge on any atom is 0.259 e. The minimum Gasteiger partial charge on any atom is -0.369 e. The van der Waals surface area contributed by atoms with E-state index in [2.05, 4.69) is 15.4 Å². The molecule has 0 spiro atoms. The van der Waals surface area contributed by atoms with Crippen molar-refractivity contribution in [1.82, 2.24) is 14.7 Å². The number of hydrogen-bond donors (Lipinski definition) is 2. The molecular weight excluding hydrogens is 332 g/mol. The Balaban J connectivity index is 1.88. The molecule has 1 aromatic carbocycles. The van der Waals surface area contributed by atoms with Crippen LogP contribution in [-0.2, 0) is 17.4 Å². The second-order valence-corrected chi connectivity index (χ2v) is 6.71. The zero-order valence-electron chi connectivity index (χ0n) is 15.3. The Morgan fingerprint density at radius 2 is 2.08 bits per heavy atom. The van der Waals surface area contributed by atoms with E-state index in [1.807, 2.05) is 25.1 Å². The predicted molar refractivity (Wildman–Crippen MR) is 98.7 cm³/mol. The predicted octanol–water partition coefficient (Wildman–Crippen LogP) is 1.37. The molecule has 1 aliphatic rings. The summed E-state index contributed by atoms with van der Waals surface area (Å²) in [7, 11) is 3.37. The maximum absolute atomic E-state index is 12.5. The maximum atomic E-state index is 12.5. The molecule has 0 radical (unpaired) electrons. The highest BCUT2D eigenvalue weighted by Crippen LogP contribution is 2.34. The molecule has 2 amide bonds. The quantitative estimate of drug-likeness (QED) is 0.868. The molecule has 0 saturated carbocycles. The number of aliphatic imine (C=N–C) groups is 1. The van der Waals surface area contributed by atoms with Crippen molar-refractivity contribution in [2.75, 3.05) is 12.4 Å². The lowest BCUT2D eigenvalue weighted by molar-refractivity contribution is -0.128. The number of hydrogen-bond acceptors (Lipinski definition) is 5. The summed E-state index contributed by atoms with van der Waals surface area (Å²) in [6.45, 7) is 3.64. The number of aromatic nitrogens is 2. The van der Waals surface area contributed by atoms with Gasteiger partial charge in [0.15, 0.2) is 5.96 Å². The number of aryl methyl sites for hydroxylation is 2. The molecule has 2 aromatic rings. The van der Waals surface area contributed by atoms with E-state index in [1.54, 1.807) is 38.0 Å². The highest BCUT2D eigenvalue weighted by atomic mass is 16.2. The van der Waals surface area contributed by atoms with Crippen molar-refractivity contribution in [2.24, 2.45) is 17.8 Å². The van der Waals surface area contributed by atoms with Crippen molar-refractivity contribution in [3.05, 3.63) is 47.3 Å². The second kappa shape index (κ2) is 6.29. The van der Waals surface area contributed by atoms with Crippen LogP contribution in [0.1, 0.15) is 35.0 Å². The molecule has 0 bridgehead atoms. The van der Waals surface area contributed by atoms with Crippen molar-refractivity contribution in [1.29, 1.82) is 0 Å². The molecule has 8 heteroatoms. The van der Waals surface area contributed by atoms with Gasteiger partial charge in [0.05, 0.1) is 23.2 Å². The summed E-state index contributed by atoms with van der Waals surface area (Å²) in [5.74, 6) is -0.148. The standard InChI is InChI=1S/C18H22N6O2/c1-11-14(10-23(3)22-11)16(26)20-13-7-5-6-12(8-13)18(2)9-15(25)24(4)17(19)21-18/h5-8,10H,9H2,1-4H3,(H2,19,21)(H,20,26). The van der Waals surface area contributed by atoms with Crippen molar-refractivity contribution in [3.8, 4) is 0 Å². The Morgan fingerprint density at radius 1 is 1.35 bits per heavy atom. The van der Waals surface area contributed by atoms with Crippen LogP contribution in [0.15, 0.2) is 35.5 Å². The average molecular weight is 354 g/mol. The first-order valence-corrected chi connectivity index (χ1v) is 8.23. The number of amides is 2. The van der Waals surface area contributed by atoms with Crippen LogP contribution in [0.4, 0.5) is 5.69 Å². The van der Waals surface area contributed by atoms with E-state index in [1.165, 1.54) is 4.90 Å². The SMILES string of the molecule is Cc1nn(C)cc1C(=O)Nc1cccc(C2(C)CC(=O)N(C)C(N)=N2)c1. The van der Waals surface area contributed by atoms with Gasteiger partial charge in [0, 0.05) is 26.0 Å². The number of carbonyl (C=O) groups excluding carboxylic acids is 2. The smallest absolute Gasteiger partial charge is 0.259 e. The van der Waals surface area contributed by atoms with E-state index in [0.29, 0.717) is 16.9 Å². The minimum atomic E-state index is -0.765. The van der Waals surface area contributed by atoms with Gasteiger partial charge in [-0.25, -0.2) is 4.99 Å². The molecule has 8 nitrogen and oxygen atoms in total. The first-order valence-electron chi connectivity index (χ1n) is 8.23. The van der Waals surface area contributed by atoms with Crippen LogP contribution in [0.25, 0.3) is 0 Å². The number of anilines is 1. The van der Waals surface area contributed by atoms with E-state index in [4.69, 9.17) is 5.73 Å². The van der Waals surface area contributed by atoms with Gasteiger partial charge in [-0.05, 0) is 31.5 Å². The topological polar surface area (TPSA) is 106 Å². The molecule has 1 unspecified atom stereocenters. The highest BCUT2D eigenvalue weighted by Gasteiger charge is 2.36. The molecule has 0 aliphatic carbocycles. The average Bonchev–Trinajstić information content (AvgIpc) is 2.91. The Kier molecular flexibility index (Phi) is 4.27. The van der Waals surface area contributed by atoms with E-state index in [9.17, 15) is 9.59 Å². The highest BCUT2D eigenvalue weighted by molar-refractivity contribution is 6.05. The van der Waals surface area contributed by atoms with Gasteiger partial charge in [0.2, 0.25) is 5.91 Å². The molecule has 0 fully saturated rings. The lowest BCUT2D eigenvalue weighted by atomic mass is 9.87. The van der Waals surface area contributed by atoms with Gasteiger partial charge in [-0.2, -0.15) is 5.10 Å². The van der Waals surface area contributed by atoms with Crippen LogP contribution in [0.5, 0.6) is 0 Å². The second-order valence-electron chi connectivity index (χ2n) is 6.71. The van der Waals surface area contributed by atoms with Crippen LogP contribution in [0.3, 0.4) is 0 Å². The van der Waals surface area contributed by atoms with Gasteiger partial charge in [0.25, 0.3) is 5.91 Å². The fourth-order valence-corrected chi connectivity index (χ4v) is 3.03. The number of nitrogens with zero attached hydrogens (tertiary/aromatic N) is 4. The third kappa shape index (κ3) is 3.17. The number of nitrogens with two attached hydrogens (primary N) is 1. The molecule has 1 aromatic heterocycles. The number of benzene rings is 1. The lowest BCUT2D eigenvalue weighted by Crippen LogP contribution is -2.47. The van der Waals surface area contributed by atoms with Crippen molar-refractivity contribution in [2.45, 2.75) is 25.8 Å². The molecule has 1 aliphatic heterocycles. The van der Waals surface area contributed by atoms with Gasteiger partial charge in [0.1, 0.15) is 0 Å². The van der Waals surface area contributed by atoms with Crippen LogP contribution < -0.4 is 11.1 Å². The van der Waals surface area contributed by atoms with Gasteiger partial charge < -0.3 is 11.1 Å². The first-order chi connectivity index (χ1) is 12.2. The summed E-state index contributed by atoms with van der Waals surface area (Å²) in [4.78, 5) is 30.5. The zero-order chi connectivity index (χ0) is 19.1. The lowest BCUT2D eigenvalue weighted by Gasteiger charge is -2.33. The van der Waals surface area contributed by atoms with Crippen LogP contribution in [0, 0.1) is 6.92 Å². The summed E-state index contributed by atoms with van der Waals surface area (Å²) < 4.78 is 1.60. The van der Waals surface area contributed by atoms with Crippen molar-refractivity contribution < 1.29 is 9.59 Å². The Labute approximate surface area is 151 Å². The monoisotopic (exact) mass is 354 g/mol. The summed E-state index contributed by atoms with van der Waals surface area (Å²) in [6, 6.07) is 7.31. The largest absolute Gasteiger partial charge is 0.369 e. The minimum absolute atomic E-state index is 0.0968. The van der Waals surface area contributed by atoms with Gasteiger partial charge >= 0.3 is 0 Å². The fraction of sp³-hybridized carbons (Fsp3) is 0.333. The molecule has 26 heavy (non-hydrogen) atoms. The van der Waals surface area contributed by atoms with Crippen molar-refractivity contribution >= 4 is 23.5 Å². The van der Waals surface area contributed by atoms with Crippen LogP contribution >= 0.6 is 0 Å². The summed E-state index contributed by atoms with van der Waals surface area (Å²) in [5.41, 5.74) is 7.71. The Bertz CT molecular complexity index is 916. The van der Waals surface area contributed by atoms with E-state index < -0.39 is 5.54 Å². The normalized spacial score (nSPS) is 20.1. The molecule has 0 saturated heterocycles. The third-order valence-electron chi connectivity index (χ3n) is 4.57. The van der Waals surface area contributed by atoms with E-state index in [0.717, 1.165) is 5.56 Å². The molecule has 2 heterocycles. The van der Waals surface area contributed by atoms with Crippen molar-refractivity contribution in [3.63, 3.8) is 0 Å². The van der Waals surface area contributed by atoms with E-state index in [-0.39, 0.29) is 24.2 Å². The molecule has 136 valence electrons. The van der Waals surface area contributed by atoms with Gasteiger partial charge in [-0.3, -0.25) is 19.2 Å². The Hall–Kier alpha value is -3.16. The number of guanidine groups is 1. The third-order valence-corrected chi connectivity index (χ3v) is 4.57. The van der Waals surface area contributed by atoms with E-state index >= 15 is 0 Å². The van der Waals surface area contributed by atoms with Crippen LogP contribution in [0.2, 0.25) is 0 Å².